The first-order chi connectivity index (χ1) is 15.9. The van der Waals surface area contributed by atoms with Crippen molar-refractivity contribution in [1.29, 1.82) is 0 Å². The number of fused-ring (bicyclic) bond motifs is 1. The monoisotopic (exact) mass is 481 g/mol. The van der Waals surface area contributed by atoms with Gasteiger partial charge in [0.25, 0.3) is 10.0 Å². The highest BCUT2D eigenvalue weighted by Crippen LogP contribution is 2.36. The zero-order chi connectivity index (χ0) is 23.0. The zero-order valence-corrected chi connectivity index (χ0v) is 19.4. The molecule has 1 saturated carbocycles. The maximum absolute atomic E-state index is 13.4. The molecule has 3 N–H and O–H groups in total. The summed E-state index contributed by atoms with van der Waals surface area (Å²) in [5.41, 5.74) is 7.78. The van der Waals surface area contributed by atoms with E-state index in [1.807, 2.05) is 18.2 Å². The van der Waals surface area contributed by atoms with Crippen molar-refractivity contribution in [2.75, 3.05) is 5.32 Å². The van der Waals surface area contributed by atoms with Gasteiger partial charge in [-0.05, 0) is 43.9 Å². The molecule has 0 bridgehead atoms. The van der Waals surface area contributed by atoms with Crippen molar-refractivity contribution in [1.82, 2.24) is 13.9 Å². The van der Waals surface area contributed by atoms with E-state index >= 15 is 0 Å². The molecule has 1 aliphatic carbocycles. The molecule has 0 saturated heterocycles. The molecular weight excluding hydrogens is 458 g/mol. The highest BCUT2D eigenvalue weighted by molar-refractivity contribution is 7.90. The Bertz CT molecular complexity index is 1410. The van der Waals surface area contributed by atoms with Crippen LogP contribution in [0.15, 0.2) is 71.9 Å². The summed E-state index contributed by atoms with van der Waals surface area (Å²) in [6.45, 7) is 0. The molecule has 2 unspecified atom stereocenters. The third kappa shape index (κ3) is 4.21. The fourth-order valence-corrected chi connectivity index (χ4v) is 5.99. The number of nitrogens with two attached hydrogens (primary N) is 1. The lowest BCUT2D eigenvalue weighted by Gasteiger charge is -2.27. The van der Waals surface area contributed by atoms with Gasteiger partial charge in [-0.1, -0.05) is 48.0 Å². The number of halogens is 1. The topological polar surface area (TPSA) is 103 Å². The average Bonchev–Trinajstić information content (AvgIpc) is 3.21. The Balaban J connectivity index is 1.60. The summed E-state index contributed by atoms with van der Waals surface area (Å²) in [5, 5.41) is 4.46. The van der Waals surface area contributed by atoms with Gasteiger partial charge in [-0.2, -0.15) is 0 Å². The largest absolute Gasteiger partial charge is 0.351 e. The van der Waals surface area contributed by atoms with Gasteiger partial charge in [0.05, 0.1) is 27.3 Å². The molecule has 170 valence electrons. The van der Waals surface area contributed by atoms with Gasteiger partial charge in [-0.3, -0.25) is 0 Å². The summed E-state index contributed by atoms with van der Waals surface area (Å²) >= 11 is 6.51. The maximum Gasteiger partial charge on any atom is 0.268 e. The molecule has 7 nitrogen and oxygen atoms in total. The second-order valence-electron chi connectivity index (χ2n) is 8.33. The lowest BCUT2D eigenvalue weighted by molar-refractivity contribution is 0.408. The third-order valence-electron chi connectivity index (χ3n) is 6.03. The molecule has 1 aliphatic rings. The van der Waals surface area contributed by atoms with Crippen LogP contribution in [0.5, 0.6) is 0 Å². The standard InChI is InChI=1S/C24H24ClN5O2S/c25-21-14-27-24(28-17-8-6-7-16(26)13-17)29-23(21)20-15-30(22-12-5-4-11-19(20)22)33(31,32)18-9-2-1-3-10-18/h1-5,9-12,14-17H,6-8,13,26H2,(H,27,28,29). The van der Waals surface area contributed by atoms with Crippen molar-refractivity contribution in [2.24, 2.45) is 5.73 Å². The van der Waals surface area contributed by atoms with Gasteiger partial charge in [-0.25, -0.2) is 22.4 Å². The van der Waals surface area contributed by atoms with Crippen molar-refractivity contribution in [3.63, 3.8) is 0 Å². The predicted molar refractivity (Wildman–Crippen MR) is 131 cm³/mol. The van der Waals surface area contributed by atoms with Gasteiger partial charge >= 0.3 is 0 Å². The molecular formula is C24H24ClN5O2S. The SMILES string of the molecule is NC1CCCC(Nc2ncc(Cl)c(-c3cn(S(=O)(=O)c4ccccc4)c4ccccc34)n2)C1. The second-order valence-corrected chi connectivity index (χ2v) is 10.6. The minimum atomic E-state index is -3.80. The molecule has 0 amide bonds. The summed E-state index contributed by atoms with van der Waals surface area (Å²) in [6.07, 6.45) is 7.08. The number of benzene rings is 2. The van der Waals surface area contributed by atoms with Gasteiger partial charge in [0, 0.05) is 29.2 Å². The van der Waals surface area contributed by atoms with E-state index in [4.69, 9.17) is 17.3 Å². The highest BCUT2D eigenvalue weighted by Gasteiger charge is 2.24. The summed E-state index contributed by atoms with van der Waals surface area (Å²) in [7, 11) is -3.80. The molecule has 0 spiro atoms. The van der Waals surface area contributed by atoms with Crippen LogP contribution in [-0.2, 0) is 10.0 Å². The van der Waals surface area contributed by atoms with Crippen LogP contribution in [0, 0.1) is 0 Å². The molecule has 1 fully saturated rings. The van der Waals surface area contributed by atoms with E-state index in [0.717, 1.165) is 31.1 Å². The third-order valence-corrected chi connectivity index (χ3v) is 7.99. The molecule has 9 heteroatoms. The Kier molecular flexibility index (Phi) is 5.82. The average molecular weight is 482 g/mol. The first-order valence-corrected chi connectivity index (χ1v) is 12.7. The first-order valence-electron chi connectivity index (χ1n) is 10.9. The fourth-order valence-electron chi connectivity index (χ4n) is 4.41. The number of hydrogen-bond acceptors (Lipinski definition) is 6. The molecule has 0 radical (unpaired) electrons. The van der Waals surface area contributed by atoms with Crippen molar-refractivity contribution in [3.05, 3.63) is 72.0 Å². The number of anilines is 1. The Morgan fingerprint density at radius 1 is 1.06 bits per heavy atom. The van der Waals surface area contributed by atoms with Crippen LogP contribution in [-0.4, -0.2) is 34.4 Å². The Morgan fingerprint density at radius 2 is 1.82 bits per heavy atom. The number of nitrogens with zero attached hydrogens (tertiary/aromatic N) is 3. The summed E-state index contributed by atoms with van der Waals surface area (Å²) in [4.78, 5) is 9.23. The van der Waals surface area contributed by atoms with E-state index in [0.29, 0.717) is 27.7 Å². The van der Waals surface area contributed by atoms with E-state index in [2.05, 4.69) is 15.3 Å². The normalized spacial score (nSPS) is 19.0. The van der Waals surface area contributed by atoms with Crippen LogP contribution in [0.2, 0.25) is 5.02 Å². The quantitative estimate of drug-likeness (QED) is 0.429. The minimum absolute atomic E-state index is 0.171. The molecule has 2 aromatic heterocycles. The lowest BCUT2D eigenvalue weighted by atomic mass is 9.92. The van der Waals surface area contributed by atoms with Crippen molar-refractivity contribution in [2.45, 2.75) is 42.7 Å². The van der Waals surface area contributed by atoms with E-state index in [-0.39, 0.29) is 17.0 Å². The van der Waals surface area contributed by atoms with Gasteiger partial charge in [0.2, 0.25) is 5.95 Å². The van der Waals surface area contributed by atoms with E-state index in [9.17, 15) is 8.42 Å². The lowest BCUT2D eigenvalue weighted by Crippen LogP contribution is -2.35. The molecule has 33 heavy (non-hydrogen) atoms. The molecule has 5 rings (SSSR count). The number of aromatic nitrogens is 3. The number of para-hydroxylation sites is 1. The molecule has 0 aliphatic heterocycles. The van der Waals surface area contributed by atoms with Gasteiger partial charge in [-0.15, -0.1) is 0 Å². The number of rotatable bonds is 5. The minimum Gasteiger partial charge on any atom is -0.351 e. The van der Waals surface area contributed by atoms with Crippen LogP contribution in [0.1, 0.15) is 25.7 Å². The smallest absolute Gasteiger partial charge is 0.268 e. The summed E-state index contributed by atoms with van der Waals surface area (Å²) in [5.74, 6) is 0.455. The van der Waals surface area contributed by atoms with Crippen molar-refractivity contribution in [3.8, 4) is 11.3 Å². The van der Waals surface area contributed by atoms with E-state index in [1.165, 1.54) is 3.97 Å². The predicted octanol–water partition coefficient (Wildman–Crippen LogP) is 4.67. The van der Waals surface area contributed by atoms with Crippen LogP contribution in [0.25, 0.3) is 22.2 Å². The van der Waals surface area contributed by atoms with Gasteiger partial charge < -0.3 is 11.1 Å². The van der Waals surface area contributed by atoms with Gasteiger partial charge in [0.1, 0.15) is 0 Å². The molecule has 2 atom stereocenters. The van der Waals surface area contributed by atoms with Gasteiger partial charge in [0.15, 0.2) is 0 Å². The van der Waals surface area contributed by atoms with Crippen LogP contribution in [0.3, 0.4) is 0 Å². The maximum atomic E-state index is 13.4. The van der Waals surface area contributed by atoms with Crippen LogP contribution < -0.4 is 11.1 Å². The van der Waals surface area contributed by atoms with Crippen molar-refractivity contribution >= 4 is 38.5 Å². The Morgan fingerprint density at radius 3 is 2.61 bits per heavy atom. The summed E-state index contributed by atoms with van der Waals surface area (Å²) < 4.78 is 28.1. The molecule has 2 aromatic carbocycles. The second kappa shape index (κ2) is 8.78. The van der Waals surface area contributed by atoms with Crippen molar-refractivity contribution < 1.29 is 8.42 Å². The first kappa shape index (κ1) is 21.9. The Labute approximate surface area is 197 Å². The molecule has 2 heterocycles. The highest BCUT2D eigenvalue weighted by atomic mass is 35.5. The number of hydrogen-bond donors (Lipinski definition) is 2. The van der Waals surface area contributed by atoms with E-state index in [1.54, 1.807) is 48.8 Å². The Hall–Kier alpha value is -2.94. The zero-order valence-electron chi connectivity index (χ0n) is 17.9. The molecule has 4 aromatic rings. The number of nitrogens with one attached hydrogen (secondary N) is 1. The van der Waals surface area contributed by atoms with E-state index < -0.39 is 10.0 Å². The fraction of sp³-hybridized carbons (Fsp3) is 0.250. The summed E-state index contributed by atoms with van der Waals surface area (Å²) in [6, 6.07) is 16.0. The van der Waals surface area contributed by atoms with Crippen LogP contribution >= 0.6 is 11.6 Å². The van der Waals surface area contributed by atoms with Crippen LogP contribution in [0.4, 0.5) is 5.95 Å².